The van der Waals surface area contributed by atoms with Crippen molar-refractivity contribution >= 4 is 0 Å². The normalized spacial score (nSPS) is 16.0. The Morgan fingerprint density at radius 3 is 0.518 bits per heavy atom. The summed E-state index contributed by atoms with van der Waals surface area (Å²) in [7, 11) is 0. The molecule has 0 saturated heterocycles. The van der Waals surface area contributed by atoms with E-state index in [4.69, 9.17) is 0 Å². The van der Waals surface area contributed by atoms with Gasteiger partial charge in [0.1, 0.15) is 0 Å². The molecule has 0 aliphatic rings. The quantitative estimate of drug-likeness (QED) is 0.0719. The van der Waals surface area contributed by atoms with Crippen LogP contribution in [0.1, 0.15) is 440 Å². The number of rotatable bonds is 27. The number of alkyl halides is 21. The average Bonchev–Trinajstić information content (AvgIpc) is 0.711. The molecule has 114 heavy (non-hydrogen) atoms. The molecule has 0 fully saturated rings. The minimum atomic E-state index is -4.12. The summed E-state index contributed by atoms with van der Waals surface area (Å²) in [6.45, 7) is 85.2. The van der Waals surface area contributed by atoms with Crippen LogP contribution in [0.4, 0.5) is 92.2 Å². The van der Waals surface area contributed by atoms with E-state index < -0.39 is 86.6 Å². The Labute approximate surface area is 691 Å². The number of hydrogen-bond donors (Lipinski definition) is 0. The summed E-state index contributed by atoms with van der Waals surface area (Å²) in [6.07, 6.45) is -16.5. The minimum Gasteiger partial charge on any atom is -0.171 e. The first-order chi connectivity index (χ1) is 50.1. The predicted octanol–water partition coefficient (Wildman–Crippen LogP) is 39.5. The van der Waals surface area contributed by atoms with Gasteiger partial charge in [0, 0.05) is 0 Å². The molecule has 0 heterocycles. The summed E-state index contributed by atoms with van der Waals surface area (Å²) < 4.78 is 265. The Kier molecular flexibility index (Phi) is 63.3. The van der Waals surface area contributed by atoms with Crippen LogP contribution in [0.3, 0.4) is 0 Å². The van der Waals surface area contributed by atoms with E-state index in [1.165, 1.54) is 93.9 Å². The van der Waals surface area contributed by atoms with Crippen molar-refractivity contribution in [1.82, 2.24) is 0 Å². The molecule has 5 unspecified atom stereocenters. The maximum atomic E-state index is 13.1. The molecule has 0 radical (unpaired) electrons. The van der Waals surface area contributed by atoms with Gasteiger partial charge in [-0.2, -0.15) is 92.2 Å². The Bertz CT molecular complexity index is 2240. The van der Waals surface area contributed by atoms with Gasteiger partial charge in [-0.15, -0.1) is 0 Å². The van der Waals surface area contributed by atoms with Crippen molar-refractivity contribution in [3.05, 3.63) is 0 Å². The van der Waals surface area contributed by atoms with Gasteiger partial charge in [0.05, 0.1) is 37.9 Å². The summed E-state index contributed by atoms with van der Waals surface area (Å²) in [5.74, 6) is -0.154. The number of hydrogen-bond acceptors (Lipinski definition) is 0. The van der Waals surface area contributed by atoms with Crippen molar-refractivity contribution in [3.63, 3.8) is 0 Å². The molecule has 0 aromatic heterocycles. The molecule has 0 aromatic carbocycles. The molecular weight excluding hydrogens is 1520 g/mol. The van der Waals surface area contributed by atoms with Gasteiger partial charge in [-0.3, -0.25) is 0 Å². The summed E-state index contributed by atoms with van der Waals surface area (Å²) in [6, 6.07) is 0. The summed E-state index contributed by atoms with van der Waals surface area (Å²) in [5.41, 5.74) is -9.31. The maximum absolute atomic E-state index is 13.1. The largest absolute Gasteiger partial charge is 0.394 e. The summed E-state index contributed by atoms with van der Waals surface area (Å²) in [5, 5.41) is 0. The number of halogens is 21. The lowest BCUT2D eigenvalue weighted by molar-refractivity contribution is -0.259. The molecular formula is C93H185F21. The van der Waals surface area contributed by atoms with Crippen molar-refractivity contribution < 1.29 is 92.2 Å². The zero-order chi connectivity index (χ0) is 95.1. The second kappa shape index (κ2) is 54.2. The van der Waals surface area contributed by atoms with Gasteiger partial charge in [0.2, 0.25) is 0 Å². The fourth-order valence-corrected chi connectivity index (χ4v) is 15.6. The SMILES string of the molecule is CC(C)C(C(C)C)C(C)(C)C(F)(F)F.CCC(C)(C(C(C)C)C(C)C)C(F)(F)F.CCC(C)(C(C)C)C(F)(F)F.CCC(C)(CC)C(C)(C)C.CCC(C)(CC)C(C)(CC)C(F)(F)F.CCC(C)(CC)C(F)(F)F.CCC(CC)C(C)(C)C.CCC(CC)C(C)(CC)C(F)(F)F.CCCC(C)(C)C.CCCC(C)(CC)C(F)(F)F. The highest BCUT2D eigenvalue weighted by Crippen LogP contribution is 2.58. The predicted molar refractivity (Wildman–Crippen MR) is 452 cm³/mol. The van der Waals surface area contributed by atoms with Gasteiger partial charge in [0.25, 0.3) is 0 Å². The van der Waals surface area contributed by atoms with Gasteiger partial charge < -0.3 is 0 Å². The van der Waals surface area contributed by atoms with E-state index >= 15 is 0 Å². The van der Waals surface area contributed by atoms with Gasteiger partial charge in [-0.05, 0) is 151 Å². The highest BCUT2D eigenvalue weighted by atomic mass is 19.4. The first kappa shape index (κ1) is 133. The second-order valence-corrected chi connectivity index (χ2v) is 39.8. The lowest BCUT2D eigenvalue weighted by Gasteiger charge is -2.46. The molecule has 0 N–H and O–H groups in total. The van der Waals surface area contributed by atoms with E-state index in [0.717, 1.165) is 5.92 Å². The molecule has 0 aliphatic carbocycles. The van der Waals surface area contributed by atoms with Gasteiger partial charge in [0.15, 0.2) is 0 Å². The molecule has 0 rings (SSSR count). The molecule has 0 aromatic rings. The molecule has 0 amide bonds. The van der Waals surface area contributed by atoms with Crippen LogP contribution >= 0.6 is 0 Å². The summed E-state index contributed by atoms with van der Waals surface area (Å²) >= 11 is 0. The van der Waals surface area contributed by atoms with Crippen LogP contribution in [0.5, 0.6) is 0 Å². The van der Waals surface area contributed by atoms with Gasteiger partial charge in [-0.1, -0.05) is 370 Å². The van der Waals surface area contributed by atoms with Crippen LogP contribution in [0.15, 0.2) is 0 Å². The van der Waals surface area contributed by atoms with E-state index in [1.807, 2.05) is 83.1 Å². The fourth-order valence-electron chi connectivity index (χ4n) is 15.6. The molecule has 0 nitrogen and oxygen atoms in total. The molecule has 5 atom stereocenters. The topological polar surface area (TPSA) is 0 Å². The first-order valence-electron chi connectivity index (χ1n) is 43.5. The molecule has 0 bridgehead atoms. The van der Waals surface area contributed by atoms with E-state index in [2.05, 4.69) is 104 Å². The van der Waals surface area contributed by atoms with Crippen molar-refractivity contribution in [3.8, 4) is 0 Å². The molecule has 0 saturated carbocycles. The lowest BCUT2D eigenvalue weighted by atomic mass is 9.60. The first-order valence-corrected chi connectivity index (χ1v) is 43.5. The third-order valence-corrected chi connectivity index (χ3v) is 27.8. The molecule has 0 aliphatic heterocycles. The Balaban J connectivity index is -0.000000133. The maximum Gasteiger partial charge on any atom is 0.394 e. The van der Waals surface area contributed by atoms with Crippen molar-refractivity contribution in [2.75, 3.05) is 0 Å². The zero-order valence-electron chi connectivity index (χ0n) is 82.1. The Hall–Kier alpha value is -1.47. The highest BCUT2D eigenvalue weighted by Gasteiger charge is 2.60. The van der Waals surface area contributed by atoms with Crippen molar-refractivity contribution in [2.45, 2.75) is 484 Å². The van der Waals surface area contributed by atoms with Crippen LogP contribution in [0.2, 0.25) is 0 Å². The van der Waals surface area contributed by atoms with Crippen LogP contribution in [-0.4, -0.2) is 43.2 Å². The summed E-state index contributed by atoms with van der Waals surface area (Å²) in [4.78, 5) is 0. The van der Waals surface area contributed by atoms with Crippen molar-refractivity contribution in [1.29, 1.82) is 0 Å². The smallest absolute Gasteiger partial charge is 0.171 e. The minimum absolute atomic E-state index is 0.0478. The Morgan fingerprint density at radius 2 is 0.474 bits per heavy atom. The van der Waals surface area contributed by atoms with Crippen LogP contribution in [0.25, 0.3) is 0 Å². The second-order valence-electron chi connectivity index (χ2n) is 39.8. The van der Waals surface area contributed by atoms with E-state index in [0.29, 0.717) is 53.8 Å². The van der Waals surface area contributed by atoms with Crippen LogP contribution in [0, 0.1) is 118 Å². The van der Waals surface area contributed by atoms with E-state index in [1.54, 1.807) is 76.2 Å². The van der Waals surface area contributed by atoms with Crippen LogP contribution in [-0.2, 0) is 0 Å². The third-order valence-electron chi connectivity index (χ3n) is 27.8. The Morgan fingerprint density at radius 1 is 0.219 bits per heavy atom. The van der Waals surface area contributed by atoms with Gasteiger partial charge >= 0.3 is 43.2 Å². The molecule has 704 valence electrons. The standard InChI is InChI=1S/C12H23F3.2C11H21F3.C10H19F3.C10H22.C9H20.2C8H15F3.C7H13F3.C7H16/c1-7-11(6,12(13,14)15)10(8(2)3)9(4)5;1-7(2)9(8(3)4)10(5,6)11(12,13)14;1-6-9(4,7-2)10(5,8-3)11(12,13)14;1-5-8(6-2)9(4,7-3)10(11,12)13;1-7-10(6,8-2)9(3,4)5;1-6-8(7-2)9(3,4)5;1-5-7(4,6(2)3)8(9,10)11;1-4-6-7(3,5-2)8(9,10)11;1-4-6(3,5-2)7(8,9)10;1-5-6-7(2,3)4/h8-10H,7H2,1-6H3;7-9H,1-6H3;6-8H2,1-5H3;8H,5-7H2,1-4H3;7-8H2,1-6H3;8H,6-7H2,1-5H3;6H,5H2,1-4H3;4-6H2,1-3H3;4-5H2,1-3H3;5-6H2,1-4H3. The third kappa shape index (κ3) is 43.5. The van der Waals surface area contributed by atoms with E-state index in [-0.39, 0.29) is 98.7 Å². The van der Waals surface area contributed by atoms with Gasteiger partial charge in [-0.25, -0.2) is 0 Å². The van der Waals surface area contributed by atoms with Crippen molar-refractivity contribution in [2.24, 2.45) is 118 Å². The van der Waals surface area contributed by atoms with E-state index in [9.17, 15) is 92.2 Å². The molecule has 0 spiro atoms. The highest BCUT2D eigenvalue weighted by molar-refractivity contribution is 4.96. The average molecular weight is 1700 g/mol. The monoisotopic (exact) mass is 1700 g/mol. The lowest BCUT2D eigenvalue weighted by Crippen LogP contribution is -2.47. The molecule has 21 heteroatoms. The van der Waals surface area contributed by atoms with Crippen LogP contribution < -0.4 is 0 Å². The fraction of sp³-hybridized carbons (Fsp3) is 1.00. The zero-order valence-corrected chi connectivity index (χ0v) is 82.1.